The lowest BCUT2D eigenvalue weighted by Gasteiger charge is -2.10. The normalized spacial score (nSPS) is 46.7. The summed E-state index contributed by atoms with van der Waals surface area (Å²) in [6.45, 7) is 2.98. The van der Waals surface area contributed by atoms with Gasteiger partial charge < -0.3 is 11.1 Å². The highest BCUT2D eigenvalue weighted by molar-refractivity contribution is 5.78. The summed E-state index contributed by atoms with van der Waals surface area (Å²) in [5.41, 5.74) is 5.85. The number of fused-ring (bicyclic) bond motifs is 5. The van der Waals surface area contributed by atoms with Crippen LogP contribution in [0.2, 0.25) is 0 Å². The third-order valence-corrected chi connectivity index (χ3v) is 4.56. The zero-order valence-corrected chi connectivity index (χ0v) is 9.45. The van der Waals surface area contributed by atoms with Crippen molar-refractivity contribution in [3.8, 4) is 0 Å². The Hall–Kier alpha value is -0.730. The number of nitrogens with zero attached hydrogens (tertiary/aromatic N) is 1. The summed E-state index contributed by atoms with van der Waals surface area (Å²) in [6.07, 6.45) is 5.51. The van der Waals surface area contributed by atoms with Crippen molar-refractivity contribution in [3.63, 3.8) is 0 Å². The topological polar surface area (TPSA) is 50.4 Å². The molecule has 0 saturated heterocycles. The van der Waals surface area contributed by atoms with Crippen LogP contribution in [-0.4, -0.2) is 18.5 Å². The van der Waals surface area contributed by atoms with Gasteiger partial charge in [-0.3, -0.25) is 4.99 Å². The summed E-state index contributed by atoms with van der Waals surface area (Å²) < 4.78 is 0. The lowest BCUT2D eigenvalue weighted by Crippen LogP contribution is -2.36. The lowest BCUT2D eigenvalue weighted by molar-refractivity contribution is 0.456. The smallest absolute Gasteiger partial charge is 0.188 e. The predicted molar refractivity (Wildman–Crippen MR) is 61.5 cm³/mol. The fraction of sp³-hybridized carbons (Fsp3) is 0.917. The van der Waals surface area contributed by atoms with E-state index in [9.17, 15) is 0 Å². The second-order valence-electron chi connectivity index (χ2n) is 5.42. The number of nitrogens with two attached hydrogens (primary N) is 1. The second kappa shape index (κ2) is 3.39. The molecule has 3 N–H and O–H groups in total. The fourth-order valence-corrected chi connectivity index (χ4v) is 3.97. The maximum Gasteiger partial charge on any atom is 0.188 e. The van der Waals surface area contributed by atoms with Gasteiger partial charge in [0.15, 0.2) is 5.96 Å². The van der Waals surface area contributed by atoms with E-state index in [1.54, 1.807) is 0 Å². The van der Waals surface area contributed by atoms with Crippen LogP contribution >= 0.6 is 0 Å². The van der Waals surface area contributed by atoms with Crippen LogP contribution in [0, 0.1) is 23.7 Å². The molecule has 0 aromatic carbocycles. The molecule has 3 aliphatic rings. The van der Waals surface area contributed by atoms with E-state index in [2.05, 4.69) is 17.2 Å². The molecule has 3 saturated carbocycles. The monoisotopic (exact) mass is 207 g/mol. The highest BCUT2D eigenvalue weighted by Gasteiger charge is 2.65. The van der Waals surface area contributed by atoms with Gasteiger partial charge in [0, 0.05) is 12.6 Å². The molecular weight excluding hydrogens is 186 g/mol. The van der Waals surface area contributed by atoms with Crippen LogP contribution in [0.15, 0.2) is 4.99 Å². The van der Waals surface area contributed by atoms with Gasteiger partial charge in [-0.2, -0.15) is 0 Å². The van der Waals surface area contributed by atoms with Crippen LogP contribution in [0.25, 0.3) is 0 Å². The molecule has 0 aromatic rings. The number of hydrogen-bond acceptors (Lipinski definition) is 1. The lowest BCUT2D eigenvalue weighted by atomic mass is 10.0. The van der Waals surface area contributed by atoms with Crippen molar-refractivity contribution in [3.05, 3.63) is 0 Å². The molecule has 3 rings (SSSR count). The molecule has 4 atom stereocenters. The van der Waals surface area contributed by atoms with Crippen molar-refractivity contribution in [2.75, 3.05) is 6.54 Å². The molecule has 0 aliphatic heterocycles. The van der Waals surface area contributed by atoms with Crippen LogP contribution in [0.4, 0.5) is 0 Å². The minimum atomic E-state index is 0.677. The van der Waals surface area contributed by atoms with Gasteiger partial charge in [-0.1, -0.05) is 6.92 Å². The van der Waals surface area contributed by atoms with Gasteiger partial charge in [0.2, 0.25) is 0 Å². The Morgan fingerprint density at radius 3 is 2.60 bits per heavy atom. The van der Waals surface area contributed by atoms with Gasteiger partial charge in [-0.25, -0.2) is 0 Å². The molecule has 3 heteroatoms. The Bertz CT molecular complexity index is 271. The Morgan fingerprint density at radius 2 is 2.00 bits per heavy atom. The molecule has 0 amide bonds. The average Bonchev–Trinajstić information content (AvgIpc) is 2.65. The van der Waals surface area contributed by atoms with Gasteiger partial charge in [0.1, 0.15) is 0 Å². The zero-order valence-electron chi connectivity index (χ0n) is 9.45. The third-order valence-electron chi connectivity index (χ3n) is 4.56. The molecule has 3 aliphatic carbocycles. The molecule has 84 valence electrons. The molecule has 2 bridgehead atoms. The van der Waals surface area contributed by atoms with E-state index in [0.717, 1.165) is 36.6 Å². The van der Waals surface area contributed by atoms with Gasteiger partial charge in [-0.05, 0) is 49.4 Å². The molecule has 0 aromatic heterocycles. The highest BCUT2D eigenvalue weighted by atomic mass is 15.2. The first kappa shape index (κ1) is 9.49. The summed E-state index contributed by atoms with van der Waals surface area (Å²) in [7, 11) is 0. The first-order valence-electron chi connectivity index (χ1n) is 6.37. The van der Waals surface area contributed by atoms with E-state index >= 15 is 0 Å². The van der Waals surface area contributed by atoms with E-state index in [1.807, 2.05) is 0 Å². The molecule has 0 heterocycles. The Morgan fingerprint density at radius 1 is 1.33 bits per heavy atom. The maximum absolute atomic E-state index is 5.85. The quantitative estimate of drug-likeness (QED) is 0.542. The van der Waals surface area contributed by atoms with Gasteiger partial charge in [-0.15, -0.1) is 0 Å². The minimum absolute atomic E-state index is 0.677. The standard InChI is InChI=1S/C12H21N3/c1-2-5-14-12(13)15-11-9-7-3-4-8(6-7)10(9)11/h7-11H,2-6H2,1H3,(H3,13,14,15). The largest absolute Gasteiger partial charge is 0.370 e. The van der Waals surface area contributed by atoms with Crippen LogP contribution in [-0.2, 0) is 0 Å². The van der Waals surface area contributed by atoms with Gasteiger partial charge in [0.05, 0.1) is 0 Å². The third kappa shape index (κ3) is 1.44. The summed E-state index contributed by atoms with van der Waals surface area (Å²) in [4.78, 5) is 4.30. The van der Waals surface area contributed by atoms with Crippen molar-refractivity contribution in [1.29, 1.82) is 0 Å². The van der Waals surface area contributed by atoms with Crippen LogP contribution in [0.5, 0.6) is 0 Å². The van der Waals surface area contributed by atoms with Crippen molar-refractivity contribution in [2.45, 2.75) is 38.6 Å². The number of nitrogens with one attached hydrogen (secondary N) is 1. The number of guanidine groups is 1. The molecular formula is C12H21N3. The van der Waals surface area contributed by atoms with E-state index in [0.29, 0.717) is 12.0 Å². The van der Waals surface area contributed by atoms with Crippen LogP contribution in [0.3, 0.4) is 0 Å². The second-order valence-corrected chi connectivity index (χ2v) is 5.42. The molecule has 0 radical (unpaired) electrons. The van der Waals surface area contributed by atoms with Gasteiger partial charge in [0.25, 0.3) is 0 Å². The Balaban J connectivity index is 1.55. The summed E-state index contributed by atoms with van der Waals surface area (Å²) in [5.74, 6) is 4.59. The average molecular weight is 207 g/mol. The summed E-state index contributed by atoms with van der Waals surface area (Å²) in [5, 5.41) is 3.42. The number of hydrogen-bond donors (Lipinski definition) is 2. The minimum Gasteiger partial charge on any atom is -0.370 e. The summed E-state index contributed by atoms with van der Waals surface area (Å²) >= 11 is 0. The Kier molecular flexibility index (Phi) is 2.15. The maximum atomic E-state index is 5.85. The van der Waals surface area contributed by atoms with E-state index in [4.69, 9.17) is 5.73 Å². The van der Waals surface area contributed by atoms with Gasteiger partial charge >= 0.3 is 0 Å². The zero-order chi connectivity index (χ0) is 10.4. The van der Waals surface area contributed by atoms with Crippen LogP contribution < -0.4 is 11.1 Å². The van der Waals surface area contributed by atoms with Crippen molar-refractivity contribution < 1.29 is 0 Å². The van der Waals surface area contributed by atoms with Crippen LogP contribution in [0.1, 0.15) is 32.6 Å². The number of aliphatic imine (C=N–C) groups is 1. The molecule has 0 spiro atoms. The fourth-order valence-electron chi connectivity index (χ4n) is 3.97. The molecule has 4 unspecified atom stereocenters. The highest BCUT2D eigenvalue weighted by Crippen LogP contribution is 2.65. The molecule has 3 fully saturated rings. The Labute approximate surface area is 91.5 Å². The van der Waals surface area contributed by atoms with Crippen molar-refractivity contribution >= 4 is 5.96 Å². The van der Waals surface area contributed by atoms with E-state index in [-0.39, 0.29) is 0 Å². The summed E-state index contributed by atoms with van der Waals surface area (Å²) in [6, 6.07) is 0.678. The first-order chi connectivity index (χ1) is 7.31. The first-order valence-corrected chi connectivity index (χ1v) is 6.37. The number of rotatable bonds is 3. The SMILES string of the molecule is CCCN=C(N)NC1C2C3CCC(C3)C12. The predicted octanol–water partition coefficient (Wildman–Crippen LogP) is 1.35. The van der Waals surface area contributed by atoms with E-state index in [1.165, 1.54) is 19.3 Å². The molecule has 15 heavy (non-hydrogen) atoms. The molecule has 3 nitrogen and oxygen atoms in total. The van der Waals surface area contributed by atoms with Crippen molar-refractivity contribution in [1.82, 2.24) is 5.32 Å². The van der Waals surface area contributed by atoms with Crippen molar-refractivity contribution in [2.24, 2.45) is 34.4 Å². The van der Waals surface area contributed by atoms with E-state index < -0.39 is 0 Å².